The number of rotatable bonds is 4. The first kappa shape index (κ1) is 14.8. The van der Waals surface area contributed by atoms with E-state index < -0.39 is 11.4 Å². The summed E-state index contributed by atoms with van der Waals surface area (Å²) in [6, 6.07) is -0.270. The van der Waals surface area contributed by atoms with Crippen LogP contribution in [0.4, 0.5) is 4.79 Å². The highest BCUT2D eigenvalue weighted by atomic mass is 16.4. The monoisotopic (exact) mass is 256 g/mol. The summed E-state index contributed by atoms with van der Waals surface area (Å²) in [5, 5.41) is 14.6. The van der Waals surface area contributed by atoms with E-state index in [1.165, 1.54) is 6.42 Å². The highest BCUT2D eigenvalue weighted by molar-refractivity contribution is 5.77. The summed E-state index contributed by atoms with van der Waals surface area (Å²) < 4.78 is 0. The summed E-state index contributed by atoms with van der Waals surface area (Å²) in [6.45, 7) is 5.37. The van der Waals surface area contributed by atoms with Crippen LogP contribution in [0, 0.1) is 5.41 Å². The molecule has 0 aliphatic heterocycles. The molecule has 0 aromatic heterocycles. The molecule has 1 aliphatic rings. The van der Waals surface area contributed by atoms with E-state index in [-0.39, 0.29) is 18.1 Å². The van der Waals surface area contributed by atoms with Gasteiger partial charge in [0.1, 0.15) is 0 Å². The molecule has 2 amide bonds. The average Bonchev–Trinajstić information content (AvgIpc) is 2.26. The lowest BCUT2D eigenvalue weighted by atomic mass is 9.83. The molecule has 0 bridgehead atoms. The molecule has 0 unspecified atom stereocenters. The molecule has 0 saturated heterocycles. The van der Waals surface area contributed by atoms with Gasteiger partial charge in [0.25, 0.3) is 0 Å². The molecule has 3 N–H and O–H groups in total. The first-order valence-corrected chi connectivity index (χ1v) is 6.55. The lowest BCUT2D eigenvalue weighted by Crippen LogP contribution is -2.53. The number of nitrogens with one attached hydrogen (secondary N) is 2. The zero-order valence-electron chi connectivity index (χ0n) is 11.5. The topological polar surface area (TPSA) is 78.4 Å². The summed E-state index contributed by atoms with van der Waals surface area (Å²) >= 11 is 0. The molecule has 1 fully saturated rings. The number of hydrogen-bond acceptors (Lipinski definition) is 2. The lowest BCUT2D eigenvalue weighted by molar-refractivity contribution is -0.146. The van der Waals surface area contributed by atoms with E-state index in [0.29, 0.717) is 0 Å². The average molecular weight is 256 g/mol. The van der Waals surface area contributed by atoms with Crippen molar-refractivity contribution in [2.75, 3.05) is 6.54 Å². The van der Waals surface area contributed by atoms with Gasteiger partial charge in [0.15, 0.2) is 0 Å². The minimum Gasteiger partial charge on any atom is -0.481 e. The molecular formula is C13H24N2O3. The van der Waals surface area contributed by atoms with E-state index in [1.807, 2.05) is 6.92 Å². The van der Waals surface area contributed by atoms with Gasteiger partial charge in [0, 0.05) is 12.1 Å². The molecule has 1 rings (SSSR count). The van der Waals surface area contributed by atoms with E-state index in [1.54, 1.807) is 13.8 Å². The Bertz CT molecular complexity index is 320. The van der Waals surface area contributed by atoms with Gasteiger partial charge in [-0.15, -0.1) is 0 Å². The van der Waals surface area contributed by atoms with Crippen molar-refractivity contribution < 1.29 is 14.7 Å². The largest absolute Gasteiger partial charge is 0.481 e. The molecule has 1 saturated carbocycles. The third kappa shape index (κ3) is 4.20. The van der Waals surface area contributed by atoms with Gasteiger partial charge in [-0.1, -0.05) is 19.3 Å². The summed E-state index contributed by atoms with van der Waals surface area (Å²) in [7, 11) is 0. The van der Waals surface area contributed by atoms with Crippen LogP contribution in [0.15, 0.2) is 0 Å². The Kier molecular flexibility index (Phi) is 4.59. The molecular weight excluding hydrogens is 232 g/mol. The van der Waals surface area contributed by atoms with Crippen molar-refractivity contribution in [2.45, 2.75) is 58.4 Å². The normalized spacial score (nSPS) is 19.1. The van der Waals surface area contributed by atoms with Gasteiger partial charge in [0.2, 0.25) is 0 Å². The molecule has 5 nitrogen and oxygen atoms in total. The van der Waals surface area contributed by atoms with Crippen molar-refractivity contribution in [3.63, 3.8) is 0 Å². The van der Waals surface area contributed by atoms with Crippen LogP contribution >= 0.6 is 0 Å². The van der Waals surface area contributed by atoms with Gasteiger partial charge in [0.05, 0.1) is 5.41 Å². The van der Waals surface area contributed by atoms with Crippen molar-refractivity contribution >= 4 is 12.0 Å². The van der Waals surface area contributed by atoms with Gasteiger partial charge >= 0.3 is 12.0 Å². The lowest BCUT2D eigenvalue weighted by Gasteiger charge is -2.34. The van der Waals surface area contributed by atoms with Crippen LogP contribution in [0.25, 0.3) is 0 Å². The third-order valence-electron chi connectivity index (χ3n) is 3.64. The number of urea groups is 1. The Balaban J connectivity index is 2.40. The Morgan fingerprint density at radius 3 is 2.28 bits per heavy atom. The molecule has 0 spiro atoms. The van der Waals surface area contributed by atoms with Crippen LogP contribution in [0.3, 0.4) is 0 Å². The van der Waals surface area contributed by atoms with Crippen LogP contribution < -0.4 is 10.6 Å². The zero-order valence-corrected chi connectivity index (χ0v) is 11.5. The number of aliphatic carboxylic acids is 1. The molecule has 0 aromatic rings. The number of carboxylic acids is 1. The summed E-state index contributed by atoms with van der Waals surface area (Å²) in [5.41, 5.74) is -1.08. The first-order chi connectivity index (χ1) is 8.25. The van der Waals surface area contributed by atoms with Crippen molar-refractivity contribution in [3.05, 3.63) is 0 Å². The van der Waals surface area contributed by atoms with Crippen LogP contribution in [0.1, 0.15) is 52.9 Å². The second kappa shape index (κ2) is 5.59. The fourth-order valence-corrected chi connectivity index (χ4v) is 2.15. The number of amides is 2. The molecule has 104 valence electrons. The van der Waals surface area contributed by atoms with Crippen molar-refractivity contribution in [2.24, 2.45) is 5.41 Å². The predicted octanol–water partition coefficient (Wildman–Crippen LogP) is 2.12. The van der Waals surface area contributed by atoms with Gasteiger partial charge in [-0.05, 0) is 33.6 Å². The van der Waals surface area contributed by atoms with E-state index in [2.05, 4.69) is 10.6 Å². The van der Waals surface area contributed by atoms with Crippen LogP contribution in [-0.4, -0.2) is 29.2 Å². The highest BCUT2D eigenvalue weighted by Gasteiger charge is 2.30. The standard InChI is InChI=1S/C13H24N2O3/c1-12(2,10(16)17)9-14-11(18)15-13(3)7-5-4-6-8-13/h4-9H2,1-3H3,(H,16,17)(H2,14,15,18). The summed E-state index contributed by atoms with van der Waals surface area (Å²) in [4.78, 5) is 22.7. The minimum absolute atomic E-state index is 0.129. The smallest absolute Gasteiger partial charge is 0.315 e. The Morgan fingerprint density at radius 1 is 1.22 bits per heavy atom. The van der Waals surface area contributed by atoms with Crippen LogP contribution in [0.2, 0.25) is 0 Å². The van der Waals surface area contributed by atoms with Gasteiger partial charge in [-0.3, -0.25) is 4.79 Å². The Hall–Kier alpha value is -1.26. The molecule has 18 heavy (non-hydrogen) atoms. The third-order valence-corrected chi connectivity index (χ3v) is 3.64. The fraction of sp³-hybridized carbons (Fsp3) is 0.846. The van der Waals surface area contributed by atoms with Gasteiger partial charge in [-0.25, -0.2) is 4.79 Å². The van der Waals surface area contributed by atoms with Crippen molar-refractivity contribution in [1.82, 2.24) is 10.6 Å². The number of carbonyl (C=O) groups excluding carboxylic acids is 1. The molecule has 0 heterocycles. The minimum atomic E-state index is -0.940. The van der Waals surface area contributed by atoms with E-state index in [0.717, 1.165) is 25.7 Å². The first-order valence-electron chi connectivity index (χ1n) is 6.55. The maximum Gasteiger partial charge on any atom is 0.315 e. The molecule has 0 aromatic carbocycles. The van der Waals surface area contributed by atoms with Crippen LogP contribution in [-0.2, 0) is 4.79 Å². The second-order valence-corrected chi connectivity index (χ2v) is 6.12. The van der Waals surface area contributed by atoms with E-state index in [9.17, 15) is 9.59 Å². The SMILES string of the molecule is CC1(NC(=O)NCC(C)(C)C(=O)O)CCCCC1. The van der Waals surface area contributed by atoms with Crippen molar-refractivity contribution in [1.29, 1.82) is 0 Å². The molecule has 1 aliphatic carbocycles. The zero-order chi connectivity index (χ0) is 13.8. The maximum absolute atomic E-state index is 11.8. The Labute approximate surface area is 108 Å². The number of carboxylic acid groups (broad SMARTS) is 1. The summed E-state index contributed by atoms with van der Waals surface area (Å²) in [6.07, 6.45) is 5.48. The number of hydrogen-bond donors (Lipinski definition) is 3. The Morgan fingerprint density at radius 2 is 1.78 bits per heavy atom. The molecule has 0 radical (unpaired) electrons. The number of carbonyl (C=O) groups is 2. The van der Waals surface area contributed by atoms with E-state index in [4.69, 9.17) is 5.11 Å². The highest BCUT2D eigenvalue weighted by Crippen LogP contribution is 2.27. The van der Waals surface area contributed by atoms with Gasteiger partial charge < -0.3 is 15.7 Å². The molecule has 0 atom stereocenters. The summed E-state index contributed by atoms with van der Waals surface area (Å²) in [5.74, 6) is -0.910. The fourth-order valence-electron chi connectivity index (χ4n) is 2.15. The second-order valence-electron chi connectivity index (χ2n) is 6.12. The molecule has 5 heteroatoms. The van der Waals surface area contributed by atoms with Crippen LogP contribution in [0.5, 0.6) is 0 Å². The van der Waals surface area contributed by atoms with E-state index >= 15 is 0 Å². The quantitative estimate of drug-likeness (QED) is 0.721. The van der Waals surface area contributed by atoms with Gasteiger partial charge in [-0.2, -0.15) is 0 Å². The predicted molar refractivity (Wildman–Crippen MR) is 69.4 cm³/mol. The maximum atomic E-state index is 11.8. The van der Waals surface area contributed by atoms with Crippen molar-refractivity contribution in [3.8, 4) is 0 Å².